The molecule has 0 saturated carbocycles. The Bertz CT molecular complexity index is 499. The first-order valence-electron chi connectivity index (χ1n) is 7.88. The van der Waals surface area contributed by atoms with Crippen LogP contribution in [0.15, 0.2) is 30.3 Å². The largest absolute Gasteiger partial charge is 0.456 e. The fraction of sp³-hybridized carbons (Fsp3) is 0.588. The molecule has 5 nitrogen and oxygen atoms in total. The van der Waals surface area contributed by atoms with Gasteiger partial charge in [0.05, 0.1) is 18.8 Å². The molecule has 1 aliphatic heterocycles. The van der Waals surface area contributed by atoms with Gasteiger partial charge in [-0.3, -0.25) is 4.79 Å². The standard InChI is InChI=1S/C17H25NO4S/c1-4-23-17-16(22-12(3)19)15(14(18)11(2)21-17)20-10-13-8-6-5-7-9-13/h5-9,11,14-17H,4,10,18H2,1-3H3/t11-,14-,15+,16+,17-/m1/s1. The Kier molecular flexibility index (Phi) is 6.89. The summed E-state index contributed by atoms with van der Waals surface area (Å²) in [4.78, 5) is 11.5. The van der Waals surface area contributed by atoms with Gasteiger partial charge in [-0.2, -0.15) is 0 Å². The van der Waals surface area contributed by atoms with E-state index in [0.29, 0.717) is 6.61 Å². The van der Waals surface area contributed by atoms with Crippen molar-refractivity contribution < 1.29 is 19.0 Å². The van der Waals surface area contributed by atoms with Crippen LogP contribution in [0.2, 0.25) is 0 Å². The van der Waals surface area contributed by atoms with Crippen molar-refractivity contribution >= 4 is 17.7 Å². The van der Waals surface area contributed by atoms with Crippen LogP contribution in [0.5, 0.6) is 0 Å². The third-order valence-corrected chi connectivity index (χ3v) is 4.82. The highest BCUT2D eigenvalue weighted by Crippen LogP contribution is 2.31. The van der Waals surface area contributed by atoms with Crippen molar-refractivity contribution in [3.63, 3.8) is 0 Å². The topological polar surface area (TPSA) is 70.8 Å². The number of hydrogen-bond acceptors (Lipinski definition) is 6. The van der Waals surface area contributed by atoms with Crippen molar-refractivity contribution in [2.75, 3.05) is 5.75 Å². The number of thioether (sulfide) groups is 1. The predicted octanol–water partition coefficient (Wildman–Crippen LogP) is 2.33. The summed E-state index contributed by atoms with van der Waals surface area (Å²) in [6.07, 6.45) is -1.06. The summed E-state index contributed by atoms with van der Waals surface area (Å²) in [6.45, 7) is 5.79. The van der Waals surface area contributed by atoms with Crippen LogP contribution in [-0.4, -0.2) is 41.5 Å². The van der Waals surface area contributed by atoms with Gasteiger partial charge in [0.2, 0.25) is 0 Å². The molecule has 0 bridgehead atoms. The normalized spacial score (nSPS) is 30.9. The first-order valence-corrected chi connectivity index (χ1v) is 8.93. The number of carbonyl (C=O) groups excluding carboxylic acids is 1. The van der Waals surface area contributed by atoms with Gasteiger partial charge < -0.3 is 19.9 Å². The lowest BCUT2D eigenvalue weighted by Crippen LogP contribution is -2.61. The zero-order valence-electron chi connectivity index (χ0n) is 13.8. The molecule has 0 aliphatic carbocycles. The second-order valence-corrected chi connectivity index (χ2v) is 6.95. The lowest BCUT2D eigenvalue weighted by Gasteiger charge is -2.43. The van der Waals surface area contributed by atoms with Crippen LogP contribution in [0, 0.1) is 0 Å². The van der Waals surface area contributed by atoms with Gasteiger partial charge in [0.1, 0.15) is 11.5 Å². The first-order chi connectivity index (χ1) is 11.0. The molecule has 2 rings (SSSR count). The zero-order chi connectivity index (χ0) is 16.8. The molecule has 1 aromatic rings. The predicted molar refractivity (Wildman–Crippen MR) is 91.0 cm³/mol. The van der Waals surface area contributed by atoms with Gasteiger partial charge >= 0.3 is 5.97 Å². The lowest BCUT2D eigenvalue weighted by atomic mass is 9.98. The maximum absolute atomic E-state index is 11.5. The molecule has 0 spiro atoms. The highest BCUT2D eigenvalue weighted by Gasteiger charge is 2.45. The molecule has 23 heavy (non-hydrogen) atoms. The minimum absolute atomic E-state index is 0.161. The average Bonchev–Trinajstić information content (AvgIpc) is 2.52. The monoisotopic (exact) mass is 339 g/mol. The maximum Gasteiger partial charge on any atom is 0.303 e. The van der Waals surface area contributed by atoms with Crippen molar-refractivity contribution in [3.05, 3.63) is 35.9 Å². The summed E-state index contributed by atoms with van der Waals surface area (Å²) in [6, 6.07) is 9.52. The Labute approximate surface area is 141 Å². The van der Waals surface area contributed by atoms with Crippen molar-refractivity contribution in [2.45, 2.75) is 57.2 Å². The SMILES string of the molecule is CCS[C@H]1O[C@H](C)[C@@H](N)[C@H](OCc2ccccc2)[C@@H]1OC(C)=O. The first kappa shape index (κ1) is 18.3. The zero-order valence-corrected chi connectivity index (χ0v) is 14.6. The molecule has 1 saturated heterocycles. The van der Waals surface area contributed by atoms with E-state index in [1.165, 1.54) is 6.92 Å². The van der Waals surface area contributed by atoms with Gasteiger partial charge in [-0.15, -0.1) is 11.8 Å². The van der Waals surface area contributed by atoms with E-state index in [-0.39, 0.29) is 23.6 Å². The van der Waals surface area contributed by atoms with E-state index in [2.05, 4.69) is 0 Å². The second-order valence-electron chi connectivity index (χ2n) is 5.58. The van der Waals surface area contributed by atoms with E-state index < -0.39 is 12.2 Å². The molecule has 0 unspecified atom stereocenters. The van der Waals surface area contributed by atoms with Gasteiger partial charge in [-0.1, -0.05) is 37.3 Å². The van der Waals surface area contributed by atoms with Crippen molar-refractivity contribution in [1.82, 2.24) is 0 Å². The highest BCUT2D eigenvalue weighted by atomic mass is 32.2. The van der Waals surface area contributed by atoms with E-state index in [1.54, 1.807) is 11.8 Å². The Morgan fingerprint density at radius 3 is 2.61 bits per heavy atom. The summed E-state index contributed by atoms with van der Waals surface area (Å²) in [7, 11) is 0. The Morgan fingerprint density at radius 2 is 2.00 bits per heavy atom. The fourth-order valence-electron chi connectivity index (χ4n) is 2.61. The van der Waals surface area contributed by atoms with Crippen molar-refractivity contribution in [1.29, 1.82) is 0 Å². The number of hydrogen-bond donors (Lipinski definition) is 1. The van der Waals surface area contributed by atoms with E-state index in [4.69, 9.17) is 19.9 Å². The lowest BCUT2D eigenvalue weighted by molar-refractivity contribution is -0.192. The van der Waals surface area contributed by atoms with E-state index in [9.17, 15) is 4.79 Å². The van der Waals surface area contributed by atoms with Gasteiger partial charge in [-0.25, -0.2) is 0 Å². The smallest absolute Gasteiger partial charge is 0.303 e. The number of carbonyl (C=O) groups is 1. The molecule has 0 aromatic heterocycles. The Morgan fingerprint density at radius 1 is 1.30 bits per heavy atom. The minimum atomic E-state index is -0.507. The number of esters is 1. The van der Waals surface area contributed by atoms with Gasteiger partial charge in [0, 0.05) is 6.92 Å². The van der Waals surface area contributed by atoms with Crippen LogP contribution in [0.1, 0.15) is 26.3 Å². The molecule has 2 N–H and O–H groups in total. The van der Waals surface area contributed by atoms with Crippen LogP contribution in [0.25, 0.3) is 0 Å². The van der Waals surface area contributed by atoms with E-state index >= 15 is 0 Å². The summed E-state index contributed by atoms with van der Waals surface area (Å²) in [5, 5.41) is 0. The summed E-state index contributed by atoms with van der Waals surface area (Å²) in [5.74, 6) is 0.505. The van der Waals surface area contributed by atoms with Crippen molar-refractivity contribution in [3.8, 4) is 0 Å². The van der Waals surface area contributed by atoms with Crippen LogP contribution in [0.3, 0.4) is 0 Å². The molecule has 0 radical (unpaired) electrons. The molecule has 1 heterocycles. The minimum Gasteiger partial charge on any atom is -0.456 e. The third-order valence-electron chi connectivity index (χ3n) is 3.78. The van der Waals surface area contributed by atoms with Crippen LogP contribution >= 0.6 is 11.8 Å². The maximum atomic E-state index is 11.5. The summed E-state index contributed by atoms with van der Waals surface area (Å²) < 4.78 is 17.4. The number of benzene rings is 1. The molecule has 0 amide bonds. The molecule has 1 aliphatic rings. The molecule has 128 valence electrons. The summed E-state index contributed by atoms with van der Waals surface area (Å²) in [5.41, 5.74) is 7.05. The van der Waals surface area contributed by atoms with Gasteiger partial charge in [-0.05, 0) is 18.2 Å². The number of ether oxygens (including phenoxy) is 3. The summed E-state index contributed by atoms with van der Waals surface area (Å²) >= 11 is 1.60. The Hall–Kier alpha value is -1.08. The quantitative estimate of drug-likeness (QED) is 0.802. The van der Waals surface area contributed by atoms with E-state index in [1.807, 2.05) is 44.2 Å². The second kappa shape index (κ2) is 8.68. The number of nitrogens with two attached hydrogens (primary N) is 1. The van der Waals surface area contributed by atoms with Crippen LogP contribution in [0.4, 0.5) is 0 Å². The van der Waals surface area contributed by atoms with Crippen LogP contribution < -0.4 is 5.73 Å². The third kappa shape index (κ3) is 4.94. The van der Waals surface area contributed by atoms with Gasteiger partial charge in [0.15, 0.2) is 6.10 Å². The van der Waals surface area contributed by atoms with E-state index in [0.717, 1.165) is 11.3 Å². The Balaban J connectivity index is 2.13. The molecule has 1 fully saturated rings. The van der Waals surface area contributed by atoms with Gasteiger partial charge in [0.25, 0.3) is 0 Å². The van der Waals surface area contributed by atoms with Crippen molar-refractivity contribution in [2.24, 2.45) is 5.73 Å². The highest BCUT2D eigenvalue weighted by molar-refractivity contribution is 7.99. The molecule has 1 aromatic carbocycles. The van der Waals surface area contributed by atoms with Crippen LogP contribution in [-0.2, 0) is 25.6 Å². The molecular formula is C17H25NO4S. The average molecular weight is 339 g/mol. The molecule has 5 atom stereocenters. The number of rotatable bonds is 6. The molecular weight excluding hydrogens is 314 g/mol. The molecule has 6 heteroatoms. The fourth-order valence-corrected chi connectivity index (χ4v) is 3.59.